The van der Waals surface area contributed by atoms with Crippen LogP contribution >= 0.6 is 0 Å². The molecule has 0 saturated carbocycles. The van der Waals surface area contributed by atoms with Gasteiger partial charge in [0, 0.05) is 54.6 Å². The lowest BCUT2D eigenvalue weighted by atomic mass is 9.77. The minimum Gasteiger partial charge on any atom is -0.497 e. The van der Waals surface area contributed by atoms with Crippen molar-refractivity contribution in [1.82, 2.24) is 26.0 Å². The summed E-state index contributed by atoms with van der Waals surface area (Å²) < 4.78 is 55.4. The van der Waals surface area contributed by atoms with Gasteiger partial charge < -0.3 is 68.2 Å². The first-order valence-electron chi connectivity index (χ1n) is 27.6. The van der Waals surface area contributed by atoms with Crippen LogP contribution in [-0.2, 0) is 49.2 Å². The summed E-state index contributed by atoms with van der Waals surface area (Å²) in [7, 11) is 8.68. The zero-order valence-corrected chi connectivity index (χ0v) is 49.0. The number of hydrogen-bond donors (Lipinski definition) is 6. The SMILES string of the molecule is CC[C@H]1OC(=O)[C@H](C)[C@@H](OC2CC(C)(C)[C@@H](OC(=O)NNC(=O)/C=C/c3ccccc3OC)[C@H](C)O2)[C@H](C)[C@@H](O[C@@H]2O[C@H](C)C[C@H](N(C)C)[C@H]2O)[C@@](C)(O)C[C@@H](C)CN(C)[C@H](C)[C@@H](OC(=O)NCCc2ccc(OC)cc2)[C@H]1O. The molecular weight excluding hydrogens is 1020 g/mol. The van der Waals surface area contributed by atoms with Gasteiger partial charge in [-0.15, -0.1) is 0 Å². The number of carbonyl (C=O) groups is 4. The highest BCUT2D eigenvalue weighted by Crippen LogP contribution is 2.42. The van der Waals surface area contributed by atoms with Crippen molar-refractivity contribution in [2.75, 3.05) is 48.5 Å². The van der Waals surface area contributed by atoms with E-state index in [1.807, 2.05) is 89.8 Å². The molecule has 3 heterocycles. The fourth-order valence-electron chi connectivity index (χ4n) is 11.3. The second-order valence-corrected chi connectivity index (χ2v) is 23.0. The molecule has 0 bridgehead atoms. The van der Waals surface area contributed by atoms with Crippen LogP contribution in [0.4, 0.5) is 9.59 Å². The zero-order chi connectivity index (χ0) is 58.5. The molecule has 444 valence electrons. The monoisotopic (exact) mass is 1110 g/mol. The van der Waals surface area contributed by atoms with E-state index >= 15 is 0 Å². The Balaban J connectivity index is 1.43. The summed E-state index contributed by atoms with van der Waals surface area (Å²) in [5, 5.41) is 39.8. The number of benzene rings is 2. The van der Waals surface area contributed by atoms with E-state index in [2.05, 4.69) is 16.2 Å². The number of aliphatic hydroxyl groups excluding tert-OH is 2. The van der Waals surface area contributed by atoms with Crippen molar-refractivity contribution in [3.8, 4) is 11.5 Å². The molecule has 0 spiro atoms. The van der Waals surface area contributed by atoms with Gasteiger partial charge in [0.2, 0.25) is 0 Å². The number of nitrogens with zero attached hydrogens (tertiary/aromatic N) is 2. The minimum absolute atomic E-state index is 0.140. The summed E-state index contributed by atoms with van der Waals surface area (Å²) in [6.45, 7) is 18.6. The van der Waals surface area contributed by atoms with E-state index in [1.54, 1.807) is 72.1 Å². The molecule has 5 rings (SSSR count). The van der Waals surface area contributed by atoms with Crippen LogP contribution in [0.5, 0.6) is 11.5 Å². The quantitative estimate of drug-likeness (QED) is 0.0549. The van der Waals surface area contributed by atoms with Crippen LogP contribution in [0.3, 0.4) is 0 Å². The third-order valence-corrected chi connectivity index (χ3v) is 15.7. The standard InChI is InChI=1S/C58H91N5O16/c1-16-43-48(66)50(77-55(68)59-28-27-39-21-24-41(71-14)25-22-39)37(6)63(13)32-33(2)30-58(10,70)51(78-54-47(65)42(62(11)12)29-34(3)73-54)35(4)49(36(5)53(67)75-43)76-46-31-57(8,9)52(38(7)74-46)79-56(69)61-60-45(64)26-23-40-19-17-18-20-44(40)72-15/h17-26,33-38,42-43,46-52,54,65-66,70H,16,27-32H2,1-15H3,(H,59,68)(H,60,64)(H,61,69)/b26-23+/t33-,34-,35+,36-,37-,38+,42+,43-,46?,47-,48+,49+,50-,51-,52+,54+,58+/m1/s1. The number of likely N-dealkylation sites (N-methyl/N-ethyl adjacent to an activating group) is 2. The molecular formula is C58H91N5O16. The molecule has 2 aromatic rings. The summed E-state index contributed by atoms with van der Waals surface area (Å²) >= 11 is 0. The molecule has 3 fully saturated rings. The second kappa shape index (κ2) is 29.0. The number of carbonyl (C=O) groups excluding carboxylic acids is 4. The largest absolute Gasteiger partial charge is 0.497 e. The van der Waals surface area contributed by atoms with E-state index in [1.165, 1.54) is 13.2 Å². The summed E-state index contributed by atoms with van der Waals surface area (Å²) in [6, 6.07) is 13.6. The molecule has 79 heavy (non-hydrogen) atoms. The number of methoxy groups -OCH3 is 2. The van der Waals surface area contributed by atoms with Gasteiger partial charge in [0.05, 0.1) is 50.2 Å². The van der Waals surface area contributed by atoms with Gasteiger partial charge in [0.1, 0.15) is 42.0 Å². The molecule has 1 unspecified atom stereocenters. The number of ether oxygens (including phenoxy) is 9. The normalized spacial score (nSPS) is 34.1. The molecule has 21 heteroatoms. The van der Waals surface area contributed by atoms with Gasteiger partial charge in [-0.3, -0.25) is 19.9 Å². The molecule has 6 N–H and O–H groups in total. The van der Waals surface area contributed by atoms with Gasteiger partial charge in [0.25, 0.3) is 5.91 Å². The number of rotatable bonds is 15. The number of hydrazine groups is 1. The van der Waals surface area contributed by atoms with E-state index in [-0.39, 0.29) is 43.9 Å². The topological polar surface area (TPSA) is 255 Å². The molecule has 3 aliphatic rings. The van der Waals surface area contributed by atoms with Crippen LogP contribution in [0, 0.1) is 23.2 Å². The van der Waals surface area contributed by atoms with Crippen molar-refractivity contribution in [2.24, 2.45) is 23.2 Å². The summed E-state index contributed by atoms with van der Waals surface area (Å²) in [4.78, 5) is 58.2. The van der Waals surface area contributed by atoms with Gasteiger partial charge in [-0.05, 0) is 117 Å². The van der Waals surface area contributed by atoms with E-state index in [9.17, 15) is 34.5 Å². The second-order valence-electron chi connectivity index (χ2n) is 23.0. The number of esters is 1. The highest BCUT2D eigenvalue weighted by Gasteiger charge is 2.52. The number of cyclic esters (lactones) is 1. The molecule has 0 aromatic heterocycles. The maximum absolute atomic E-state index is 14.8. The van der Waals surface area contributed by atoms with Crippen molar-refractivity contribution in [3.63, 3.8) is 0 Å². The molecule has 21 nitrogen and oxygen atoms in total. The van der Waals surface area contributed by atoms with Crippen molar-refractivity contribution < 1.29 is 77.1 Å². The Morgan fingerprint density at radius 2 is 1.53 bits per heavy atom. The van der Waals surface area contributed by atoms with Crippen LogP contribution in [0.25, 0.3) is 6.08 Å². The maximum atomic E-state index is 14.8. The molecule has 2 aromatic carbocycles. The van der Waals surface area contributed by atoms with E-state index in [4.69, 9.17) is 42.6 Å². The lowest BCUT2D eigenvalue weighted by Crippen LogP contribution is -2.60. The Hall–Kier alpha value is -5.10. The van der Waals surface area contributed by atoms with Gasteiger partial charge in [-0.25, -0.2) is 15.0 Å². The van der Waals surface area contributed by atoms with Crippen molar-refractivity contribution in [1.29, 1.82) is 0 Å². The lowest BCUT2D eigenvalue weighted by molar-refractivity contribution is -0.312. The number of alkyl carbamates (subject to hydrolysis) is 1. The fourth-order valence-corrected chi connectivity index (χ4v) is 11.3. The van der Waals surface area contributed by atoms with Crippen LogP contribution in [-0.4, -0.2) is 183 Å². The Bertz CT molecular complexity index is 2300. The van der Waals surface area contributed by atoms with Crippen LogP contribution in [0.15, 0.2) is 54.6 Å². The highest BCUT2D eigenvalue weighted by atomic mass is 16.7. The smallest absolute Gasteiger partial charge is 0.426 e. The number of amides is 3. The third kappa shape index (κ3) is 17.7. The predicted octanol–water partition coefficient (Wildman–Crippen LogP) is 5.60. The predicted molar refractivity (Wildman–Crippen MR) is 294 cm³/mol. The lowest BCUT2D eigenvalue weighted by Gasteiger charge is -2.49. The number of hydrogen-bond acceptors (Lipinski definition) is 18. The average molecular weight is 1110 g/mol. The van der Waals surface area contributed by atoms with Crippen molar-refractivity contribution in [2.45, 2.75) is 187 Å². The van der Waals surface area contributed by atoms with E-state index < -0.39 is 114 Å². The fraction of sp³-hybridized carbons (Fsp3) is 0.690. The molecule has 3 amide bonds. The van der Waals surface area contributed by atoms with Crippen LogP contribution in [0.1, 0.15) is 106 Å². The maximum Gasteiger partial charge on any atom is 0.426 e. The molecule has 0 radical (unpaired) electrons. The van der Waals surface area contributed by atoms with Crippen molar-refractivity contribution in [3.05, 3.63) is 65.7 Å². The highest BCUT2D eigenvalue weighted by molar-refractivity contribution is 5.92. The van der Waals surface area contributed by atoms with Crippen molar-refractivity contribution >= 4 is 30.1 Å². The van der Waals surface area contributed by atoms with Gasteiger partial charge in [-0.2, -0.15) is 0 Å². The molecule has 0 aliphatic carbocycles. The zero-order valence-electron chi connectivity index (χ0n) is 49.0. The Labute approximate surface area is 467 Å². The van der Waals surface area contributed by atoms with Gasteiger partial charge in [0.15, 0.2) is 12.6 Å². The van der Waals surface area contributed by atoms with Gasteiger partial charge >= 0.3 is 18.2 Å². The minimum atomic E-state index is -1.68. The Kier molecular flexibility index (Phi) is 23.8. The molecule has 3 saturated heterocycles. The van der Waals surface area contributed by atoms with Gasteiger partial charge in [-0.1, -0.05) is 65.0 Å². The Morgan fingerprint density at radius 1 is 0.848 bits per heavy atom. The first kappa shape index (κ1) is 64.7. The third-order valence-electron chi connectivity index (χ3n) is 15.7. The van der Waals surface area contributed by atoms with E-state index in [0.717, 1.165) is 5.56 Å². The van der Waals surface area contributed by atoms with Crippen LogP contribution < -0.4 is 25.6 Å². The first-order valence-corrected chi connectivity index (χ1v) is 27.6. The average Bonchev–Trinajstić information content (AvgIpc) is 3.44. The van der Waals surface area contributed by atoms with E-state index in [0.29, 0.717) is 36.4 Å². The summed E-state index contributed by atoms with van der Waals surface area (Å²) in [5.74, 6) is -2.35. The number of nitrogens with one attached hydrogen (secondary N) is 3. The first-order chi connectivity index (χ1) is 37.2. The molecule has 17 atom stereocenters. The summed E-state index contributed by atoms with van der Waals surface area (Å²) in [6.07, 6.45) is -8.90. The number of para-hydroxylation sites is 1. The Morgan fingerprint density at radius 3 is 2.16 bits per heavy atom. The van der Waals surface area contributed by atoms with Crippen LogP contribution in [0.2, 0.25) is 0 Å². The molecule has 3 aliphatic heterocycles. The summed E-state index contributed by atoms with van der Waals surface area (Å²) in [5.41, 5.74) is 3.74. The number of aliphatic hydroxyl groups is 3.